The highest BCUT2D eigenvalue weighted by molar-refractivity contribution is 5.25. The molecule has 94 valence electrons. The van der Waals surface area contributed by atoms with Gasteiger partial charge in [-0.2, -0.15) is 0 Å². The van der Waals surface area contributed by atoms with Gasteiger partial charge in [0.15, 0.2) is 0 Å². The van der Waals surface area contributed by atoms with Gasteiger partial charge in [-0.3, -0.25) is 4.79 Å². The van der Waals surface area contributed by atoms with E-state index in [9.17, 15) is 4.79 Å². The Bertz CT molecular complexity index is 436. The lowest BCUT2D eigenvalue weighted by Gasteiger charge is -2.18. The fourth-order valence-corrected chi connectivity index (χ4v) is 2.56. The van der Waals surface area contributed by atoms with Crippen LogP contribution in [0.1, 0.15) is 37.9 Å². The molecule has 1 aromatic rings. The van der Waals surface area contributed by atoms with Crippen LogP contribution in [0.25, 0.3) is 0 Å². The van der Waals surface area contributed by atoms with E-state index in [-0.39, 0.29) is 5.56 Å². The van der Waals surface area contributed by atoms with Gasteiger partial charge in [-0.15, -0.1) is 0 Å². The van der Waals surface area contributed by atoms with Gasteiger partial charge < -0.3 is 9.88 Å². The van der Waals surface area contributed by atoms with Crippen LogP contribution in [-0.4, -0.2) is 17.2 Å². The lowest BCUT2D eigenvalue weighted by atomic mass is 10.2. The minimum Gasteiger partial charge on any atom is -0.312 e. The van der Waals surface area contributed by atoms with Gasteiger partial charge in [0.2, 0.25) is 0 Å². The zero-order valence-corrected chi connectivity index (χ0v) is 10.8. The fourth-order valence-electron chi connectivity index (χ4n) is 2.56. The molecule has 0 bridgehead atoms. The number of hydrogen-bond donors (Lipinski definition) is 1. The summed E-state index contributed by atoms with van der Waals surface area (Å²) in [5.41, 5.74) is 2.78. The number of hydrogen-bond acceptors (Lipinski definition) is 2. The van der Waals surface area contributed by atoms with E-state index in [4.69, 9.17) is 0 Å². The summed E-state index contributed by atoms with van der Waals surface area (Å²) in [6, 6.07) is 4.09. The summed E-state index contributed by atoms with van der Waals surface area (Å²) >= 11 is 0. The Hall–Kier alpha value is -1.09. The van der Waals surface area contributed by atoms with E-state index in [0.717, 1.165) is 32.4 Å². The molecule has 1 atom stereocenters. The van der Waals surface area contributed by atoms with Gasteiger partial charge in [-0.1, -0.05) is 13.0 Å². The smallest absolute Gasteiger partial charge is 0.250 e. The van der Waals surface area contributed by atoms with Gasteiger partial charge in [0, 0.05) is 24.3 Å². The summed E-state index contributed by atoms with van der Waals surface area (Å²) in [7, 11) is 0. The van der Waals surface area contributed by atoms with Crippen molar-refractivity contribution in [3.63, 3.8) is 0 Å². The molecule has 1 aliphatic rings. The molecule has 17 heavy (non-hydrogen) atoms. The summed E-state index contributed by atoms with van der Waals surface area (Å²) in [6.45, 7) is 6.12. The van der Waals surface area contributed by atoms with Crippen LogP contribution < -0.4 is 10.9 Å². The van der Waals surface area contributed by atoms with Gasteiger partial charge in [0.25, 0.3) is 5.56 Å². The summed E-state index contributed by atoms with van der Waals surface area (Å²) in [5, 5.41) is 3.44. The van der Waals surface area contributed by atoms with Crippen molar-refractivity contribution in [2.45, 2.75) is 52.1 Å². The maximum Gasteiger partial charge on any atom is 0.250 e. The van der Waals surface area contributed by atoms with Crippen molar-refractivity contribution >= 4 is 0 Å². The highest BCUT2D eigenvalue weighted by Crippen LogP contribution is 2.19. The first kappa shape index (κ1) is 12.4. The summed E-state index contributed by atoms with van der Waals surface area (Å²) < 4.78 is 1.97. The lowest BCUT2D eigenvalue weighted by molar-refractivity contribution is 0.462. The van der Waals surface area contributed by atoms with E-state index in [2.05, 4.69) is 19.2 Å². The molecule has 0 amide bonds. The predicted octanol–water partition coefficient (Wildman–Crippen LogP) is 1.73. The Labute approximate surface area is 103 Å². The van der Waals surface area contributed by atoms with Crippen molar-refractivity contribution in [1.82, 2.24) is 9.88 Å². The first-order valence-corrected chi connectivity index (χ1v) is 6.67. The first-order chi connectivity index (χ1) is 8.22. The predicted molar refractivity (Wildman–Crippen MR) is 70.5 cm³/mol. The summed E-state index contributed by atoms with van der Waals surface area (Å²) in [4.78, 5) is 11.9. The molecule has 0 saturated carbocycles. The highest BCUT2D eigenvalue weighted by atomic mass is 16.1. The Morgan fingerprint density at radius 1 is 1.41 bits per heavy atom. The van der Waals surface area contributed by atoms with Gasteiger partial charge in [-0.05, 0) is 44.7 Å². The molecule has 0 fully saturated rings. The van der Waals surface area contributed by atoms with Crippen molar-refractivity contribution in [2.24, 2.45) is 0 Å². The minimum atomic E-state index is 0.149. The molecule has 0 radical (unpaired) electrons. The first-order valence-electron chi connectivity index (χ1n) is 6.67. The maximum atomic E-state index is 11.9. The topological polar surface area (TPSA) is 34.0 Å². The molecular formula is C14H22N2O. The number of nitrogens with zero attached hydrogens (tertiary/aromatic N) is 1. The third-order valence-corrected chi connectivity index (χ3v) is 3.45. The van der Waals surface area contributed by atoms with E-state index in [1.165, 1.54) is 17.7 Å². The van der Waals surface area contributed by atoms with Crippen LogP contribution in [0.2, 0.25) is 0 Å². The van der Waals surface area contributed by atoms with Crippen LogP contribution >= 0.6 is 0 Å². The molecule has 1 N–H and O–H groups in total. The van der Waals surface area contributed by atoms with Crippen LogP contribution in [0.15, 0.2) is 16.9 Å². The average molecular weight is 234 g/mol. The van der Waals surface area contributed by atoms with Crippen LogP contribution in [0.4, 0.5) is 0 Å². The second-order valence-corrected chi connectivity index (χ2v) is 4.96. The molecule has 3 nitrogen and oxygen atoms in total. The number of aryl methyl sites for hydroxylation is 1. The number of rotatable bonds is 5. The molecule has 0 saturated heterocycles. The van der Waals surface area contributed by atoms with E-state index in [1.807, 2.05) is 10.6 Å². The van der Waals surface area contributed by atoms with Crippen LogP contribution in [0, 0.1) is 0 Å². The molecule has 2 rings (SSSR count). The molecule has 0 aromatic carbocycles. The second kappa shape index (κ2) is 5.50. The Morgan fingerprint density at radius 3 is 3.00 bits per heavy atom. The third-order valence-electron chi connectivity index (χ3n) is 3.45. The molecule has 1 heterocycles. The molecule has 0 spiro atoms. The van der Waals surface area contributed by atoms with E-state index >= 15 is 0 Å². The van der Waals surface area contributed by atoms with Crippen molar-refractivity contribution in [3.8, 4) is 0 Å². The monoisotopic (exact) mass is 234 g/mol. The second-order valence-electron chi connectivity index (χ2n) is 4.96. The van der Waals surface area contributed by atoms with Crippen molar-refractivity contribution in [2.75, 3.05) is 6.54 Å². The van der Waals surface area contributed by atoms with Gasteiger partial charge >= 0.3 is 0 Å². The van der Waals surface area contributed by atoms with E-state index < -0.39 is 0 Å². The van der Waals surface area contributed by atoms with Crippen LogP contribution in [0.5, 0.6) is 0 Å². The van der Waals surface area contributed by atoms with Crippen LogP contribution in [-0.2, 0) is 19.4 Å². The Balaban J connectivity index is 2.15. The number of pyridine rings is 1. The molecule has 1 aliphatic carbocycles. The SMILES string of the molecule is CCCNC(C)Cn1c2c(ccc1=O)CCC2. The number of fused-ring (bicyclic) bond motifs is 1. The molecule has 0 aliphatic heterocycles. The van der Waals surface area contributed by atoms with Gasteiger partial charge in [0.1, 0.15) is 0 Å². The molecule has 3 heteroatoms. The molecular weight excluding hydrogens is 212 g/mol. The minimum absolute atomic E-state index is 0.149. The fraction of sp³-hybridized carbons (Fsp3) is 0.643. The maximum absolute atomic E-state index is 11.9. The third kappa shape index (κ3) is 2.78. The van der Waals surface area contributed by atoms with Gasteiger partial charge in [-0.25, -0.2) is 0 Å². The molecule has 1 unspecified atom stereocenters. The standard InChI is InChI=1S/C14H22N2O/c1-3-9-15-11(2)10-16-13-6-4-5-12(13)7-8-14(16)17/h7-8,11,15H,3-6,9-10H2,1-2H3. The quantitative estimate of drug-likeness (QED) is 0.842. The Morgan fingerprint density at radius 2 is 2.24 bits per heavy atom. The lowest BCUT2D eigenvalue weighted by Crippen LogP contribution is -2.35. The number of aromatic nitrogens is 1. The number of nitrogens with one attached hydrogen (secondary N) is 1. The average Bonchev–Trinajstić information content (AvgIpc) is 2.78. The largest absolute Gasteiger partial charge is 0.312 e. The van der Waals surface area contributed by atoms with Crippen molar-refractivity contribution in [1.29, 1.82) is 0 Å². The normalized spacial score (nSPS) is 15.9. The summed E-state index contributed by atoms with van der Waals surface area (Å²) in [5.74, 6) is 0. The van der Waals surface area contributed by atoms with Crippen molar-refractivity contribution in [3.05, 3.63) is 33.7 Å². The van der Waals surface area contributed by atoms with E-state index in [1.54, 1.807) is 6.07 Å². The summed E-state index contributed by atoms with van der Waals surface area (Å²) in [6.07, 6.45) is 4.51. The van der Waals surface area contributed by atoms with E-state index in [0.29, 0.717) is 6.04 Å². The molecule has 1 aromatic heterocycles. The zero-order chi connectivity index (χ0) is 12.3. The highest BCUT2D eigenvalue weighted by Gasteiger charge is 2.16. The zero-order valence-electron chi connectivity index (χ0n) is 10.8. The van der Waals surface area contributed by atoms with Crippen LogP contribution in [0.3, 0.4) is 0 Å². The van der Waals surface area contributed by atoms with Crippen molar-refractivity contribution < 1.29 is 0 Å². The Kier molecular flexibility index (Phi) is 4.00. The van der Waals surface area contributed by atoms with Gasteiger partial charge in [0.05, 0.1) is 0 Å².